The van der Waals surface area contributed by atoms with E-state index in [9.17, 15) is 4.79 Å². The van der Waals surface area contributed by atoms with Gasteiger partial charge in [0.1, 0.15) is 0 Å². The summed E-state index contributed by atoms with van der Waals surface area (Å²) in [4.78, 5) is 12.0. The predicted molar refractivity (Wildman–Crippen MR) is 97.6 cm³/mol. The second kappa shape index (κ2) is 5.96. The van der Waals surface area contributed by atoms with Crippen LogP contribution in [0.3, 0.4) is 0 Å². The van der Waals surface area contributed by atoms with Gasteiger partial charge in [0.2, 0.25) is 0 Å². The maximum Gasteiger partial charge on any atom is 0.257 e. The molecule has 1 amide bonds. The SMILES string of the molecule is BC1(B)Oc2ccc(NC(=S)NC(=O)c3ccccc3)cc2O1. The Hall–Kier alpha value is -2.47. The summed E-state index contributed by atoms with van der Waals surface area (Å²) >= 11 is 5.17. The summed E-state index contributed by atoms with van der Waals surface area (Å²) in [5.74, 6) is 1.06. The molecule has 0 spiro atoms. The molecule has 2 N–H and O–H groups in total. The maximum absolute atomic E-state index is 12.0. The first-order valence-electron chi connectivity index (χ1n) is 7.12. The van der Waals surface area contributed by atoms with Gasteiger partial charge in [0.25, 0.3) is 5.91 Å². The lowest BCUT2D eigenvalue weighted by molar-refractivity contribution is 0.0833. The van der Waals surface area contributed by atoms with Gasteiger partial charge in [-0.1, -0.05) is 18.2 Å². The fraction of sp³-hybridized carbons (Fsp3) is 0.0667. The molecule has 0 atom stereocenters. The van der Waals surface area contributed by atoms with Gasteiger partial charge in [-0.2, -0.15) is 0 Å². The first-order chi connectivity index (χ1) is 10.9. The van der Waals surface area contributed by atoms with Gasteiger partial charge in [0.15, 0.2) is 37.9 Å². The van der Waals surface area contributed by atoms with E-state index in [1.807, 2.05) is 27.8 Å². The van der Waals surface area contributed by atoms with Gasteiger partial charge in [-0.15, -0.1) is 0 Å². The highest BCUT2D eigenvalue weighted by atomic mass is 32.1. The minimum absolute atomic E-state index is 0.219. The van der Waals surface area contributed by atoms with E-state index in [1.165, 1.54) is 0 Å². The van der Waals surface area contributed by atoms with Crippen molar-refractivity contribution >= 4 is 44.6 Å². The Balaban J connectivity index is 1.64. The van der Waals surface area contributed by atoms with E-state index < -0.39 is 5.59 Å². The van der Waals surface area contributed by atoms with Crippen LogP contribution < -0.4 is 20.1 Å². The molecule has 114 valence electrons. The molecule has 2 aromatic carbocycles. The quantitative estimate of drug-likeness (QED) is 0.621. The normalized spacial score (nSPS) is 14.1. The molecule has 2 aromatic rings. The minimum Gasteiger partial charge on any atom is -0.467 e. The second-order valence-corrected chi connectivity index (χ2v) is 5.95. The first-order valence-corrected chi connectivity index (χ1v) is 7.53. The van der Waals surface area contributed by atoms with Gasteiger partial charge in [-0.05, 0) is 36.5 Å². The van der Waals surface area contributed by atoms with Gasteiger partial charge in [0.05, 0.1) is 0 Å². The van der Waals surface area contributed by atoms with E-state index in [1.54, 1.807) is 36.4 Å². The Bertz CT molecular complexity index is 769. The first kappa shape index (κ1) is 15.4. The van der Waals surface area contributed by atoms with Crippen LogP contribution in [0.5, 0.6) is 11.5 Å². The summed E-state index contributed by atoms with van der Waals surface area (Å²) in [6.07, 6.45) is 0. The topological polar surface area (TPSA) is 59.6 Å². The molecule has 1 aliphatic heterocycles. The van der Waals surface area contributed by atoms with Crippen LogP contribution in [-0.4, -0.2) is 32.3 Å². The lowest BCUT2D eigenvalue weighted by Gasteiger charge is -2.17. The molecule has 1 aliphatic rings. The van der Waals surface area contributed by atoms with Crippen LogP contribution >= 0.6 is 12.2 Å². The van der Waals surface area contributed by atoms with Crippen molar-refractivity contribution in [2.75, 3.05) is 5.32 Å². The highest BCUT2D eigenvalue weighted by Gasteiger charge is 2.31. The van der Waals surface area contributed by atoms with Gasteiger partial charge >= 0.3 is 0 Å². The van der Waals surface area contributed by atoms with Crippen molar-refractivity contribution in [2.24, 2.45) is 0 Å². The fourth-order valence-corrected chi connectivity index (χ4v) is 2.44. The van der Waals surface area contributed by atoms with Crippen molar-refractivity contribution in [2.45, 2.75) is 5.59 Å². The Morgan fingerprint density at radius 2 is 1.74 bits per heavy atom. The Kier molecular flexibility index (Phi) is 4.00. The number of amides is 1. The van der Waals surface area contributed by atoms with E-state index in [0.717, 1.165) is 0 Å². The smallest absolute Gasteiger partial charge is 0.257 e. The van der Waals surface area contributed by atoms with Crippen LogP contribution in [0.25, 0.3) is 0 Å². The van der Waals surface area contributed by atoms with Gasteiger partial charge in [0, 0.05) is 17.3 Å². The fourth-order valence-electron chi connectivity index (χ4n) is 2.23. The molecule has 1 heterocycles. The number of ether oxygens (including phenoxy) is 2. The van der Waals surface area contributed by atoms with Gasteiger partial charge in [-0.25, -0.2) is 0 Å². The van der Waals surface area contributed by atoms with Crippen molar-refractivity contribution in [3.63, 3.8) is 0 Å². The third-order valence-electron chi connectivity index (χ3n) is 3.18. The summed E-state index contributed by atoms with van der Waals surface area (Å²) < 4.78 is 11.3. The van der Waals surface area contributed by atoms with Crippen LogP contribution in [0.4, 0.5) is 5.69 Å². The second-order valence-electron chi connectivity index (χ2n) is 5.54. The van der Waals surface area contributed by atoms with Crippen molar-refractivity contribution in [1.82, 2.24) is 5.32 Å². The number of rotatable bonds is 2. The van der Waals surface area contributed by atoms with E-state index in [-0.39, 0.29) is 11.0 Å². The van der Waals surface area contributed by atoms with E-state index >= 15 is 0 Å². The number of hydrogen-bond acceptors (Lipinski definition) is 4. The Labute approximate surface area is 141 Å². The zero-order valence-corrected chi connectivity index (χ0v) is 13.6. The molecule has 5 nitrogen and oxygen atoms in total. The highest BCUT2D eigenvalue weighted by molar-refractivity contribution is 7.80. The summed E-state index contributed by atoms with van der Waals surface area (Å²) in [7, 11) is 3.68. The van der Waals surface area contributed by atoms with E-state index in [2.05, 4.69) is 10.6 Å². The van der Waals surface area contributed by atoms with E-state index in [4.69, 9.17) is 21.7 Å². The van der Waals surface area contributed by atoms with E-state index in [0.29, 0.717) is 22.7 Å². The molecule has 0 aromatic heterocycles. The summed E-state index contributed by atoms with van der Waals surface area (Å²) in [6, 6.07) is 14.3. The molecular weight excluding hydrogens is 310 g/mol. The number of carbonyl (C=O) groups excluding carboxylic acids is 1. The standard InChI is InChI=1S/C15H14B2N2O3S/c16-15(17)21-11-7-6-10(8-12(11)22-15)18-14(23)19-13(20)9-4-2-1-3-5-9/h1-8H,16-17H2,(H2,18,19,20,23). The number of fused-ring (bicyclic) bond motifs is 1. The lowest BCUT2D eigenvalue weighted by atomic mass is 9.76. The molecule has 0 radical (unpaired) electrons. The zero-order chi connectivity index (χ0) is 16.4. The average molecular weight is 324 g/mol. The van der Waals surface area contributed by atoms with Crippen molar-refractivity contribution in [3.8, 4) is 11.5 Å². The summed E-state index contributed by atoms with van der Waals surface area (Å²) in [6.45, 7) is 0. The molecule has 0 aliphatic carbocycles. The van der Waals surface area contributed by atoms with Crippen LogP contribution in [0.15, 0.2) is 48.5 Å². The minimum atomic E-state index is -0.678. The molecule has 0 fully saturated rings. The number of nitrogens with one attached hydrogen (secondary N) is 2. The number of thiocarbonyl (C=S) groups is 1. The predicted octanol–water partition coefficient (Wildman–Crippen LogP) is 0.462. The van der Waals surface area contributed by atoms with Crippen LogP contribution in [0, 0.1) is 0 Å². The molecule has 8 heteroatoms. The van der Waals surface area contributed by atoms with Crippen molar-refractivity contribution in [3.05, 3.63) is 54.1 Å². The molecule has 0 unspecified atom stereocenters. The number of carbonyl (C=O) groups is 1. The van der Waals surface area contributed by atoms with Crippen LogP contribution in [-0.2, 0) is 0 Å². The molecule has 0 saturated heterocycles. The largest absolute Gasteiger partial charge is 0.467 e. The lowest BCUT2D eigenvalue weighted by Crippen LogP contribution is -2.39. The molecule has 23 heavy (non-hydrogen) atoms. The number of benzene rings is 2. The zero-order valence-electron chi connectivity index (χ0n) is 12.8. The molecular formula is C15H14B2N2O3S. The monoisotopic (exact) mass is 324 g/mol. The van der Waals surface area contributed by atoms with Crippen LogP contribution in [0.2, 0.25) is 0 Å². The van der Waals surface area contributed by atoms with Gasteiger partial charge in [-0.3, -0.25) is 10.1 Å². The molecule has 3 rings (SSSR count). The summed E-state index contributed by atoms with van der Waals surface area (Å²) in [5.41, 5.74) is 0.579. The van der Waals surface area contributed by atoms with Crippen LogP contribution in [0.1, 0.15) is 10.4 Å². The van der Waals surface area contributed by atoms with Gasteiger partial charge < -0.3 is 14.8 Å². The van der Waals surface area contributed by atoms with Crippen molar-refractivity contribution < 1.29 is 14.3 Å². The third kappa shape index (κ3) is 3.65. The average Bonchev–Trinajstić information content (AvgIpc) is 2.81. The number of hydrogen-bond donors (Lipinski definition) is 2. The third-order valence-corrected chi connectivity index (χ3v) is 3.38. The number of anilines is 1. The Morgan fingerprint density at radius 1 is 1.04 bits per heavy atom. The molecule has 0 bridgehead atoms. The summed E-state index contributed by atoms with van der Waals surface area (Å²) in [5, 5.41) is 5.82. The maximum atomic E-state index is 12.0. The molecule has 0 saturated carbocycles. The highest BCUT2D eigenvalue weighted by Crippen LogP contribution is 2.38. The Morgan fingerprint density at radius 3 is 2.48 bits per heavy atom. The van der Waals surface area contributed by atoms with Crippen molar-refractivity contribution in [1.29, 1.82) is 0 Å².